The molecule has 1 aliphatic heterocycles. The van der Waals surface area contributed by atoms with Crippen LogP contribution in [0.2, 0.25) is 0 Å². The molecule has 0 saturated heterocycles. The molecule has 0 fully saturated rings. The number of amides is 3. The first-order chi connectivity index (χ1) is 14.5. The molecular weight excluding hydrogens is 389 g/mol. The van der Waals surface area contributed by atoms with Crippen molar-refractivity contribution in [2.75, 3.05) is 11.9 Å². The number of carbonyl (C=O) groups is 2. The van der Waals surface area contributed by atoms with Crippen molar-refractivity contribution >= 4 is 17.6 Å². The van der Waals surface area contributed by atoms with Gasteiger partial charge in [-0.25, -0.2) is 9.18 Å². The number of urea groups is 1. The number of aliphatic hydroxyl groups excluding tert-OH is 1. The van der Waals surface area contributed by atoms with E-state index in [0.29, 0.717) is 11.3 Å². The Hall–Kier alpha value is -3.23. The molecule has 0 saturated carbocycles. The summed E-state index contributed by atoms with van der Waals surface area (Å²) in [5.41, 5.74) is 1.30. The average Bonchev–Trinajstić information content (AvgIpc) is 2.74. The van der Waals surface area contributed by atoms with Crippen LogP contribution < -0.4 is 16.0 Å². The number of hydrogen-bond acceptors (Lipinski definition) is 4. The summed E-state index contributed by atoms with van der Waals surface area (Å²) in [5.74, 6) is -0.625. The van der Waals surface area contributed by atoms with Crippen LogP contribution in [0.3, 0.4) is 0 Å². The van der Waals surface area contributed by atoms with Crippen LogP contribution in [0.5, 0.6) is 0 Å². The van der Waals surface area contributed by atoms with Crippen molar-refractivity contribution in [1.29, 1.82) is 0 Å². The summed E-state index contributed by atoms with van der Waals surface area (Å²) in [4.78, 5) is 24.3. The number of halogens is 1. The second-order valence-corrected chi connectivity index (χ2v) is 6.88. The van der Waals surface area contributed by atoms with Crippen LogP contribution in [0.25, 0.3) is 0 Å². The molecule has 3 rings (SSSR count). The van der Waals surface area contributed by atoms with E-state index in [1.807, 2.05) is 6.07 Å². The summed E-state index contributed by atoms with van der Waals surface area (Å²) in [5, 5.41) is 17.8. The Morgan fingerprint density at radius 3 is 2.60 bits per heavy atom. The van der Waals surface area contributed by atoms with Crippen LogP contribution in [-0.2, 0) is 16.1 Å². The molecule has 2 aromatic rings. The lowest BCUT2D eigenvalue weighted by Gasteiger charge is -2.31. The van der Waals surface area contributed by atoms with Gasteiger partial charge in [-0.05, 0) is 29.8 Å². The summed E-state index contributed by atoms with van der Waals surface area (Å²) in [6, 6.07) is 14.0. The lowest BCUT2D eigenvalue weighted by Crippen LogP contribution is -2.50. The minimum absolute atomic E-state index is 0.0469. The Morgan fingerprint density at radius 2 is 1.87 bits per heavy atom. The second-order valence-electron chi connectivity index (χ2n) is 6.88. The van der Waals surface area contributed by atoms with Crippen LogP contribution >= 0.6 is 0 Å². The number of benzene rings is 2. The fourth-order valence-corrected chi connectivity index (χ4v) is 3.08. The monoisotopic (exact) mass is 413 g/mol. The lowest BCUT2D eigenvalue weighted by atomic mass is 10.0. The number of carbonyl (C=O) groups excluding carboxylic acids is 2. The number of hydrogen-bond donors (Lipinski definition) is 4. The number of para-hydroxylation sites is 1. The van der Waals surface area contributed by atoms with E-state index in [1.165, 1.54) is 12.1 Å². The van der Waals surface area contributed by atoms with E-state index in [4.69, 9.17) is 4.74 Å². The molecular formula is C22H24FN3O4. The predicted octanol–water partition coefficient (Wildman–Crippen LogP) is 2.34. The van der Waals surface area contributed by atoms with Crippen molar-refractivity contribution in [2.24, 2.45) is 0 Å². The number of ether oxygens (including phenoxy) is 1. The van der Waals surface area contributed by atoms with Gasteiger partial charge in [0.2, 0.25) is 5.91 Å². The largest absolute Gasteiger partial charge is 0.394 e. The maximum atomic E-state index is 13.2. The average molecular weight is 413 g/mol. The highest BCUT2D eigenvalue weighted by Crippen LogP contribution is 2.16. The minimum Gasteiger partial charge on any atom is -0.394 e. The van der Waals surface area contributed by atoms with E-state index >= 15 is 0 Å². The molecule has 1 aliphatic rings. The van der Waals surface area contributed by atoms with Crippen molar-refractivity contribution in [1.82, 2.24) is 10.6 Å². The Kier molecular flexibility index (Phi) is 7.53. The molecule has 0 aliphatic carbocycles. The van der Waals surface area contributed by atoms with Gasteiger partial charge in [0, 0.05) is 12.2 Å². The minimum atomic E-state index is -0.683. The van der Waals surface area contributed by atoms with Crippen LogP contribution in [0.4, 0.5) is 14.9 Å². The molecule has 30 heavy (non-hydrogen) atoms. The Balaban J connectivity index is 1.49. The fraction of sp³-hybridized carbons (Fsp3) is 0.273. The van der Waals surface area contributed by atoms with Gasteiger partial charge in [0.1, 0.15) is 11.9 Å². The zero-order valence-corrected chi connectivity index (χ0v) is 16.3. The van der Waals surface area contributed by atoms with E-state index in [1.54, 1.807) is 48.6 Å². The molecule has 1 heterocycles. The first kappa shape index (κ1) is 21.5. The van der Waals surface area contributed by atoms with Crippen LogP contribution in [-0.4, -0.2) is 41.9 Å². The zero-order chi connectivity index (χ0) is 21.3. The lowest BCUT2D eigenvalue weighted by molar-refractivity contribution is -0.125. The summed E-state index contributed by atoms with van der Waals surface area (Å²) in [7, 11) is 0. The van der Waals surface area contributed by atoms with Gasteiger partial charge in [0.25, 0.3) is 0 Å². The van der Waals surface area contributed by atoms with Crippen molar-refractivity contribution in [3.63, 3.8) is 0 Å². The van der Waals surface area contributed by atoms with E-state index in [9.17, 15) is 19.1 Å². The molecule has 2 aromatic carbocycles. The Labute approximate surface area is 173 Å². The van der Waals surface area contributed by atoms with Gasteiger partial charge in [0.05, 0.1) is 25.2 Å². The zero-order valence-electron chi connectivity index (χ0n) is 16.3. The standard InChI is InChI=1S/C22H24FN3O4/c23-16-6-4-5-15(11-16)13-24-21(28)12-18-9-10-19(20(14-27)30-18)26-22(29)25-17-7-2-1-3-8-17/h1-11,18-20,27H,12-14H2,(H,24,28)(H2,25,26,29)/t18-,19-,20-/m1/s1. The topological polar surface area (TPSA) is 99.7 Å². The molecule has 4 N–H and O–H groups in total. The highest BCUT2D eigenvalue weighted by Gasteiger charge is 2.29. The third-order valence-electron chi connectivity index (χ3n) is 4.56. The van der Waals surface area contributed by atoms with E-state index in [0.717, 1.165) is 0 Å². The predicted molar refractivity (Wildman–Crippen MR) is 110 cm³/mol. The van der Waals surface area contributed by atoms with Crippen molar-refractivity contribution in [3.8, 4) is 0 Å². The van der Waals surface area contributed by atoms with Crippen molar-refractivity contribution in [2.45, 2.75) is 31.2 Å². The quantitative estimate of drug-likeness (QED) is 0.524. The van der Waals surface area contributed by atoms with Crippen LogP contribution in [0.15, 0.2) is 66.7 Å². The smallest absolute Gasteiger partial charge is 0.319 e. The van der Waals surface area contributed by atoms with Crippen molar-refractivity contribution < 1.29 is 23.8 Å². The first-order valence-electron chi connectivity index (χ1n) is 9.62. The molecule has 3 amide bonds. The van der Waals surface area contributed by atoms with E-state index in [2.05, 4.69) is 16.0 Å². The third-order valence-corrected chi connectivity index (χ3v) is 4.56. The number of nitrogens with one attached hydrogen (secondary N) is 3. The first-order valence-corrected chi connectivity index (χ1v) is 9.62. The molecule has 0 bridgehead atoms. The molecule has 0 aromatic heterocycles. The summed E-state index contributed by atoms with van der Waals surface area (Å²) in [6.07, 6.45) is 2.22. The van der Waals surface area contributed by atoms with Gasteiger partial charge in [-0.3, -0.25) is 4.79 Å². The summed E-state index contributed by atoms with van der Waals surface area (Å²) >= 11 is 0. The van der Waals surface area contributed by atoms with Gasteiger partial charge in [-0.15, -0.1) is 0 Å². The maximum Gasteiger partial charge on any atom is 0.319 e. The molecule has 0 spiro atoms. The number of anilines is 1. The van der Waals surface area contributed by atoms with Gasteiger partial charge in [-0.2, -0.15) is 0 Å². The van der Waals surface area contributed by atoms with E-state index in [-0.39, 0.29) is 31.3 Å². The second kappa shape index (κ2) is 10.5. The summed E-state index contributed by atoms with van der Waals surface area (Å²) in [6.45, 7) is -0.109. The van der Waals surface area contributed by atoms with Gasteiger partial charge < -0.3 is 25.8 Å². The Bertz CT molecular complexity index is 891. The third kappa shape index (κ3) is 6.40. The highest BCUT2D eigenvalue weighted by molar-refractivity contribution is 5.89. The van der Waals surface area contributed by atoms with E-state index < -0.39 is 24.3 Å². The summed E-state index contributed by atoms with van der Waals surface area (Å²) < 4.78 is 18.9. The maximum absolute atomic E-state index is 13.2. The normalized spacial score (nSPS) is 20.4. The van der Waals surface area contributed by atoms with Gasteiger partial charge in [-0.1, -0.05) is 42.5 Å². The fourth-order valence-electron chi connectivity index (χ4n) is 3.08. The van der Waals surface area contributed by atoms with Gasteiger partial charge >= 0.3 is 6.03 Å². The van der Waals surface area contributed by atoms with Crippen molar-refractivity contribution in [3.05, 3.63) is 78.1 Å². The molecule has 8 heteroatoms. The molecule has 0 radical (unpaired) electrons. The van der Waals surface area contributed by atoms with Crippen LogP contribution in [0.1, 0.15) is 12.0 Å². The SMILES string of the molecule is O=C(C[C@H]1C=C[C@@H](NC(=O)Nc2ccccc2)[C@@H](CO)O1)NCc1cccc(F)c1. The molecule has 7 nitrogen and oxygen atoms in total. The Morgan fingerprint density at radius 1 is 1.07 bits per heavy atom. The van der Waals surface area contributed by atoms with Gasteiger partial charge in [0.15, 0.2) is 0 Å². The van der Waals surface area contributed by atoms with Crippen LogP contribution in [0, 0.1) is 5.82 Å². The molecule has 0 unspecified atom stereocenters. The molecule has 158 valence electrons. The number of rotatable bonds is 7. The number of aliphatic hydroxyl groups is 1. The molecule has 3 atom stereocenters. The highest BCUT2D eigenvalue weighted by atomic mass is 19.1.